The van der Waals surface area contributed by atoms with Gasteiger partial charge in [0.05, 0.1) is 16.7 Å². The summed E-state index contributed by atoms with van der Waals surface area (Å²) in [7, 11) is 0. The fraction of sp³-hybridized carbons (Fsp3) is 0.500. The minimum atomic E-state index is -0.797. The van der Waals surface area contributed by atoms with Crippen molar-refractivity contribution in [3.63, 3.8) is 0 Å². The zero-order valence-corrected chi connectivity index (χ0v) is 21.1. The van der Waals surface area contributed by atoms with E-state index in [1.165, 1.54) is 28.0 Å². The van der Waals surface area contributed by atoms with Crippen molar-refractivity contribution in [3.8, 4) is 0 Å². The van der Waals surface area contributed by atoms with Crippen LogP contribution in [0.5, 0.6) is 0 Å². The number of fused-ring (bicyclic) bond motifs is 1. The molecule has 0 saturated carbocycles. The summed E-state index contributed by atoms with van der Waals surface area (Å²) in [6, 6.07) is -0.797. The highest BCUT2D eigenvalue weighted by Crippen LogP contribution is 2.38. The Balaban J connectivity index is 1.62. The number of anilines is 1. The van der Waals surface area contributed by atoms with Gasteiger partial charge in [-0.3, -0.25) is 19.3 Å². The standard InChI is InChI=1S/C22H28N4O6S2/c1-5-6-7-12(13-10-34-21(23)24-13)16(27)25-15-17(28)26-14(8-9-33-18(15)26)19(29)31-11-32-20(30)22(2,3)4/h7-8,10,15,18H,5-6,9,11H2,1-4H3,(H2,23,24)(H,25,27)/b12-7-. The van der Waals surface area contributed by atoms with Crippen LogP contribution in [-0.4, -0.2) is 57.6 Å². The number of hydrogen-bond donors (Lipinski definition) is 2. The second-order valence-corrected chi connectivity index (χ2v) is 10.7. The Bertz CT molecular complexity index is 1040. The van der Waals surface area contributed by atoms with Crippen molar-refractivity contribution in [1.29, 1.82) is 0 Å². The Morgan fingerprint density at radius 2 is 2.06 bits per heavy atom. The van der Waals surface area contributed by atoms with Gasteiger partial charge in [-0.05, 0) is 33.3 Å². The van der Waals surface area contributed by atoms with E-state index in [4.69, 9.17) is 15.2 Å². The highest BCUT2D eigenvalue weighted by Gasteiger charge is 2.53. The lowest BCUT2D eigenvalue weighted by Gasteiger charge is -2.48. The lowest BCUT2D eigenvalue weighted by molar-refractivity contribution is -0.173. The molecule has 0 aliphatic carbocycles. The second-order valence-electron chi connectivity index (χ2n) is 8.68. The van der Waals surface area contributed by atoms with Crippen LogP contribution >= 0.6 is 23.1 Å². The second kappa shape index (κ2) is 10.6. The summed E-state index contributed by atoms with van der Waals surface area (Å²) in [4.78, 5) is 55.7. The molecule has 1 fully saturated rings. The molecular weight excluding hydrogens is 480 g/mol. The van der Waals surface area contributed by atoms with Crippen molar-refractivity contribution in [2.24, 2.45) is 5.41 Å². The van der Waals surface area contributed by atoms with E-state index < -0.39 is 47.4 Å². The Morgan fingerprint density at radius 1 is 1.32 bits per heavy atom. The largest absolute Gasteiger partial charge is 0.427 e. The van der Waals surface area contributed by atoms with Gasteiger partial charge in [0.2, 0.25) is 6.79 Å². The lowest BCUT2D eigenvalue weighted by Crippen LogP contribution is -2.70. The fourth-order valence-electron chi connectivity index (χ4n) is 3.19. The average Bonchev–Trinajstić information content (AvgIpc) is 3.21. The molecule has 0 radical (unpaired) electrons. The Kier molecular flexibility index (Phi) is 8.03. The van der Waals surface area contributed by atoms with Gasteiger partial charge in [0, 0.05) is 11.1 Å². The fourth-order valence-corrected chi connectivity index (χ4v) is 4.95. The number of rotatable bonds is 8. The van der Waals surface area contributed by atoms with Gasteiger partial charge in [0.15, 0.2) is 5.13 Å². The molecule has 1 saturated heterocycles. The van der Waals surface area contributed by atoms with Gasteiger partial charge in [-0.1, -0.05) is 19.4 Å². The first-order valence-electron chi connectivity index (χ1n) is 10.8. The van der Waals surface area contributed by atoms with Crippen molar-refractivity contribution < 1.29 is 28.7 Å². The minimum Gasteiger partial charge on any atom is -0.427 e. The van der Waals surface area contributed by atoms with Crippen LogP contribution < -0.4 is 11.1 Å². The van der Waals surface area contributed by atoms with Crippen LogP contribution in [0.3, 0.4) is 0 Å². The molecule has 2 aliphatic rings. The molecule has 0 spiro atoms. The summed E-state index contributed by atoms with van der Waals surface area (Å²) >= 11 is 2.65. The molecule has 2 atom stereocenters. The Labute approximate surface area is 205 Å². The van der Waals surface area contributed by atoms with E-state index in [2.05, 4.69) is 10.3 Å². The zero-order chi connectivity index (χ0) is 25.0. The third-order valence-electron chi connectivity index (χ3n) is 5.01. The smallest absolute Gasteiger partial charge is 0.357 e. The van der Waals surface area contributed by atoms with Gasteiger partial charge in [0.1, 0.15) is 17.1 Å². The maximum Gasteiger partial charge on any atom is 0.357 e. The number of amides is 2. The first kappa shape index (κ1) is 25.8. The molecule has 2 unspecified atom stereocenters. The number of thiazole rings is 1. The number of nitrogens with one attached hydrogen (secondary N) is 1. The van der Waals surface area contributed by atoms with Crippen molar-refractivity contribution in [3.05, 3.63) is 28.9 Å². The molecule has 2 aliphatic heterocycles. The Morgan fingerprint density at radius 3 is 2.68 bits per heavy atom. The number of nitrogens with zero attached hydrogens (tertiary/aromatic N) is 2. The monoisotopic (exact) mass is 508 g/mol. The van der Waals surface area contributed by atoms with Crippen LogP contribution in [-0.2, 0) is 28.7 Å². The first-order chi connectivity index (χ1) is 16.0. The SMILES string of the molecule is CCC/C=C(\C(=O)NC1C(=O)N2C(C(=O)OCOC(=O)C(C)(C)C)=CCSC12)c1csc(N)n1. The number of β-lactam (4-membered cyclic amide) rings is 1. The van der Waals surface area contributed by atoms with Crippen LogP contribution in [0.15, 0.2) is 23.2 Å². The molecular formula is C22H28N4O6S2. The maximum absolute atomic E-state index is 13.0. The summed E-state index contributed by atoms with van der Waals surface area (Å²) < 4.78 is 9.99. The van der Waals surface area contributed by atoms with E-state index in [0.29, 0.717) is 28.6 Å². The molecule has 0 bridgehead atoms. The van der Waals surface area contributed by atoms with E-state index in [-0.39, 0.29) is 5.70 Å². The molecule has 3 heterocycles. The van der Waals surface area contributed by atoms with E-state index in [1.807, 2.05) is 6.92 Å². The summed E-state index contributed by atoms with van der Waals surface area (Å²) in [6.07, 6.45) is 4.87. The van der Waals surface area contributed by atoms with E-state index in [9.17, 15) is 19.2 Å². The van der Waals surface area contributed by atoms with Gasteiger partial charge in [-0.2, -0.15) is 0 Å². The topological polar surface area (TPSA) is 141 Å². The average molecular weight is 509 g/mol. The van der Waals surface area contributed by atoms with E-state index >= 15 is 0 Å². The van der Waals surface area contributed by atoms with Crippen LogP contribution in [0.2, 0.25) is 0 Å². The number of esters is 2. The van der Waals surface area contributed by atoms with Crippen molar-refractivity contribution >= 4 is 57.6 Å². The number of thioether (sulfide) groups is 1. The number of hydrogen-bond acceptors (Lipinski definition) is 10. The van der Waals surface area contributed by atoms with Crippen molar-refractivity contribution in [1.82, 2.24) is 15.2 Å². The van der Waals surface area contributed by atoms with Crippen molar-refractivity contribution in [2.75, 3.05) is 18.3 Å². The molecule has 34 heavy (non-hydrogen) atoms. The van der Waals surface area contributed by atoms with Gasteiger partial charge in [-0.15, -0.1) is 23.1 Å². The van der Waals surface area contributed by atoms with Crippen LogP contribution in [0.25, 0.3) is 5.57 Å². The summed E-state index contributed by atoms with van der Waals surface area (Å²) in [5.41, 5.74) is 5.87. The van der Waals surface area contributed by atoms with Crippen LogP contribution in [0, 0.1) is 5.41 Å². The Hall–Kier alpha value is -2.86. The molecule has 3 rings (SSSR count). The maximum atomic E-state index is 13.0. The van der Waals surface area contributed by atoms with E-state index in [1.54, 1.807) is 38.3 Å². The van der Waals surface area contributed by atoms with Crippen molar-refractivity contribution in [2.45, 2.75) is 52.0 Å². The highest BCUT2D eigenvalue weighted by atomic mass is 32.2. The van der Waals surface area contributed by atoms with Gasteiger partial charge in [-0.25, -0.2) is 9.78 Å². The normalized spacial score (nSPS) is 20.1. The minimum absolute atomic E-state index is 0.0695. The quantitative estimate of drug-likeness (QED) is 0.234. The number of carbonyl (C=O) groups excluding carboxylic acids is 4. The molecule has 12 heteroatoms. The molecule has 0 aromatic carbocycles. The summed E-state index contributed by atoms with van der Waals surface area (Å²) in [5, 5.41) is 4.37. The number of nitrogens with two attached hydrogens (primary N) is 1. The van der Waals surface area contributed by atoms with Gasteiger partial charge in [0.25, 0.3) is 11.8 Å². The number of aromatic nitrogens is 1. The third-order valence-corrected chi connectivity index (χ3v) is 6.87. The van der Waals surface area contributed by atoms with Gasteiger partial charge < -0.3 is 20.5 Å². The number of ether oxygens (including phenoxy) is 2. The molecule has 2 amide bonds. The molecule has 1 aromatic heterocycles. The number of allylic oxidation sites excluding steroid dienone is 1. The lowest BCUT2D eigenvalue weighted by atomic mass is 9.98. The molecule has 10 nitrogen and oxygen atoms in total. The first-order valence-corrected chi connectivity index (χ1v) is 12.7. The van der Waals surface area contributed by atoms with Gasteiger partial charge >= 0.3 is 11.9 Å². The number of nitrogen functional groups attached to an aromatic ring is 1. The number of carbonyl (C=O) groups is 4. The predicted octanol–water partition coefficient (Wildman–Crippen LogP) is 2.28. The summed E-state index contributed by atoms with van der Waals surface area (Å²) in [5.74, 6) is -1.68. The highest BCUT2D eigenvalue weighted by molar-refractivity contribution is 8.00. The number of unbranched alkanes of at least 4 members (excludes halogenated alkanes) is 1. The predicted molar refractivity (Wildman–Crippen MR) is 129 cm³/mol. The molecule has 3 N–H and O–H groups in total. The van der Waals surface area contributed by atoms with Crippen LogP contribution in [0.4, 0.5) is 5.13 Å². The zero-order valence-electron chi connectivity index (χ0n) is 19.5. The molecule has 1 aromatic rings. The molecule has 184 valence electrons. The third kappa shape index (κ3) is 5.61. The van der Waals surface area contributed by atoms with E-state index in [0.717, 1.165) is 6.42 Å². The van der Waals surface area contributed by atoms with Crippen LogP contribution in [0.1, 0.15) is 46.2 Å². The summed E-state index contributed by atoms with van der Waals surface area (Å²) in [6.45, 7) is 6.49.